The first kappa shape index (κ1) is 32.3. The van der Waals surface area contributed by atoms with Crippen LogP contribution in [0, 0.1) is 5.82 Å². The fourth-order valence-electron chi connectivity index (χ4n) is 6.76. The Morgan fingerprint density at radius 1 is 1.07 bits per heavy atom. The van der Waals surface area contributed by atoms with Crippen molar-refractivity contribution in [2.45, 2.75) is 55.6 Å². The first-order valence-electron chi connectivity index (χ1n) is 14.4. The van der Waals surface area contributed by atoms with E-state index in [2.05, 4.69) is 0 Å². The summed E-state index contributed by atoms with van der Waals surface area (Å²) < 4.78 is 39.3. The lowest BCUT2D eigenvalue weighted by Crippen LogP contribution is -2.54. The summed E-state index contributed by atoms with van der Waals surface area (Å²) in [5, 5.41) is 22.7. The quantitative estimate of drug-likeness (QED) is 0.269. The van der Waals surface area contributed by atoms with Gasteiger partial charge in [-0.3, -0.25) is 14.5 Å². The van der Waals surface area contributed by atoms with Gasteiger partial charge in [0.1, 0.15) is 17.1 Å². The van der Waals surface area contributed by atoms with Crippen LogP contribution in [-0.2, 0) is 20.9 Å². The molecule has 44 heavy (non-hydrogen) atoms. The lowest BCUT2D eigenvalue weighted by molar-refractivity contribution is -0.142. The normalized spacial score (nSPS) is 22.0. The van der Waals surface area contributed by atoms with Crippen LogP contribution in [0.25, 0.3) is 0 Å². The summed E-state index contributed by atoms with van der Waals surface area (Å²) in [6.45, 7) is 2.43. The molecule has 7 nitrogen and oxygen atoms in total. The lowest BCUT2D eigenvalue weighted by Gasteiger charge is -2.46. The Morgan fingerprint density at radius 3 is 2.16 bits per heavy atom. The first-order valence-corrected chi connectivity index (χ1v) is 15.1. The van der Waals surface area contributed by atoms with Crippen LogP contribution < -0.4 is 0 Å². The minimum atomic E-state index is -2.09. The zero-order valence-electron chi connectivity index (χ0n) is 24.6. The van der Waals surface area contributed by atoms with Gasteiger partial charge in [-0.1, -0.05) is 54.4 Å². The molecule has 3 atom stereocenters. The molecule has 1 fully saturated rings. The summed E-state index contributed by atoms with van der Waals surface area (Å²) in [7, 11) is 3.16. The van der Waals surface area contributed by atoms with Crippen molar-refractivity contribution in [2.75, 3.05) is 27.2 Å². The molecule has 0 radical (unpaired) electrons. The van der Waals surface area contributed by atoms with Gasteiger partial charge in [0, 0.05) is 35.8 Å². The maximum absolute atomic E-state index is 16.7. The van der Waals surface area contributed by atoms with Crippen molar-refractivity contribution < 1.29 is 33.3 Å². The highest BCUT2D eigenvalue weighted by atomic mass is 35.5. The van der Waals surface area contributed by atoms with Crippen LogP contribution in [0.15, 0.2) is 60.7 Å². The molecule has 0 spiro atoms. The summed E-state index contributed by atoms with van der Waals surface area (Å²) in [5.41, 5.74) is -5.76. The number of hydrogen-bond acceptors (Lipinski definition) is 5. The molecule has 0 saturated carbocycles. The highest BCUT2D eigenvalue weighted by Crippen LogP contribution is 2.53. The van der Waals surface area contributed by atoms with Gasteiger partial charge >= 0.3 is 5.97 Å². The van der Waals surface area contributed by atoms with E-state index in [1.165, 1.54) is 18.1 Å². The van der Waals surface area contributed by atoms with Crippen molar-refractivity contribution in [1.29, 1.82) is 0 Å². The zero-order chi connectivity index (χ0) is 32.0. The third-order valence-corrected chi connectivity index (χ3v) is 9.70. The number of carbonyl (C=O) groups is 2. The standard InChI is InChI=1S/C33H34Cl2F2N2O5/c1-4-32(43,31(37)13-15-38(2)16-14-31)22-17-25-29(26(36)18-22)33(44-3,21-7-11-24(35)12-8-21)39(30(25)42)27(19-28(40)41)20-5-9-23(34)10-6-20/h5-12,17-18,27,43H,4,13-16,19H2,1-3H3,(H,40,41)/t27?,32?,33-/m1/s1. The number of halogens is 4. The predicted octanol–water partition coefficient (Wildman–Crippen LogP) is 6.68. The summed E-state index contributed by atoms with van der Waals surface area (Å²) in [5.74, 6) is -2.86. The second-order valence-electron chi connectivity index (χ2n) is 11.6. The molecule has 1 saturated heterocycles. The number of likely N-dealkylation sites (tertiary alicyclic amines) is 1. The van der Waals surface area contributed by atoms with Crippen molar-refractivity contribution in [1.82, 2.24) is 9.80 Å². The number of alkyl halides is 1. The smallest absolute Gasteiger partial charge is 0.305 e. The minimum Gasteiger partial charge on any atom is -0.481 e. The molecule has 3 aromatic rings. The van der Waals surface area contributed by atoms with Crippen molar-refractivity contribution in [2.24, 2.45) is 0 Å². The summed E-state index contributed by atoms with van der Waals surface area (Å²) in [4.78, 5) is 29.9. The van der Waals surface area contributed by atoms with Gasteiger partial charge in [-0.05, 0) is 73.8 Å². The Labute approximate surface area is 264 Å². The number of nitrogens with zero attached hydrogens (tertiary/aromatic N) is 2. The number of benzene rings is 3. The topological polar surface area (TPSA) is 90.3 Å². The maximum Gasteiger partial charge on any atom is 0.305 e. The van der Waals surface area contributed by atoms with E-state index in [1.807, 2.05) is 11.9 Å². The number of aliphatic carboxylic acids is 1. The fraction of sp³-hybridized carbons (Fsp3) is 0.394. The van der Waals surface area contributed by atoms with E-state index in [9.17, 15) is 19.8 Å². The summed E-state index contributed by atoms with van der Waals surface area (Å²) >= 11 is 12.3. The molecule has 2 aliphatic heterocycles. The van der Waals surface area contributed by atoms with Gasteiger partial charge in [0.15, 0.2) is 5.72 Å². The molecule has 0 bridgehead atoms. The Hall–Kier alpha value is -3.08. The number of fused-ring (bicyclic) bond motifs is 1. The average molecular weight is 648 g/mol. The van der Waals surface area contributed by atoms with Gasteiger partial charge in [-0.2, -0.15) is 0 Å². The monoisotopic (exact) mass is 646 g/mol. The Morgan fingerprint density at radius 2 is 1.64 bits per heavy atom. The second-order valence-corrected chi connectivity index (χ2v) is 12.4. The molecule has 2 unspecified atom stereocenters. The van der Waals surface area contributed by atoms with Crippen LogP contribution >= 0.6 is 23.2 Å². The van der Waals surface area contributed by atoms with Crippen molar-refractivity contribution in [3.8, 4) is 0 Å². The van der Waals surface area contributed by atoms with E-state index >= 15 is 8.78 Å². The fourth-order valence-corrected chi connectivity index (χ4v) is 7.02. The highest BCUT2D eigenvalue weighted by molar-refractivity contribution is 6.30. The summed E-state index contributed by atoms with van der Waals surface area (Å²) in [6.07, 6.45) is -0.565. The zero-order valence-corrected chi connectivity index (χ0v) is 26.1. The number of carboxylic acid groups (broad SMARTS) is 1. The van der Waals surface area contributed by atoms with E-state index in [4.69, 9.17) is 27.9 Å². The van der Waals surface area contributed by atoms with Gasteiger partial charge in [-0.25, -0.2) is 8.78 Å². The molecule has 0 aromatic heterocycles. The van der Waals surface area contributed by atoms with Gasteiger partial charge in [0.25, 0.3) is 5.91 Å². The van der Waals surface area contributed by atoms with E-state index in [1.54, 1.807) is 55.5 Å². The Kier molecular flexibility index (Phi) is 8.83. The summed E-state index contributed by atoms with van der Waals surface area (Å²) in [6, 6.07) is 13.8. The van der Waals surface area contributed by atoms with Crippen molar-refractivity contribution in [3.05, 3.63) is 104 Å². The van der Waals surface area contributed by atoms with Crippen LogP contribution in [0.1, 0.15) is 71.3 Å². The number of rotatable bonds is 9. The average Bonchev–Trinajstić information content (AvgIpc) is 3.26. The number of hydrogen-bond donors (Lipinski definition) is 2. The van der Waals surface area contributed by atoms with Gasteiger partial charge in [0.05, 0.1) is 23.6 Å². The first-order chi connectivity index (χ1) is 20.8. The number of carboxylic acids is 1. The molecular weight excluding hydrogens is 613 g/mol. The third kappa shape index (κ3) is 5.18. The van der Waals surface area contributed by atoms with Crippen LogP contribution in [-0.4, -0.2) is 64.8 Å². The molecule has 0 aliphatic carbocycles. The Balaban J connectivity index is 1.77. The number of aliphatic hydroxyl groups is 1. The van der Waals surface area contributed by atoms with Crippen LogP contribution in [0.4, 0.5) is 8.78 Å². The molecule has 5 rings (SSSR count). The molecule has 3 aromatic carbocycles. The predicted molar refractivity (Wildman–Crippen MR) is 163 cm³/mol. The van der Waals surface area contributed by atoms with E-state index < -0.39 is 47.2 Å². The Bertz CT molecular complexity index is 1560. The largest absolute Gasteiger partial charge is 0.481 e. The van der Waals surface area contributed by atoms with Crippen LogP contribution in [0.5, 0.6) is 0 Å². The molecule has 234 valence electrons. The number of ether oxygens (including phenoxy) is 1. The number of amides is 1. The lowest BCUT2D eigenvalue weighted by atomic mass is 9.71. The molecule has 2 aliphatic rings. The van der Waals surface area contributed by atoms with E-state index in [0.717, 1.165) is 6.07 Å². The van der Waals surface area contributed by atoms with E-state index in [-0.39, 0.29) is 36.0 Å². The molecule has 2 N–H and O–H groups in total. The van der Waals surface area contributed by atoms with E-state index in [0.29, 0.717) is 34.3 Å². The SMILES string of the molecule is CCC(O)(c1cc(F)c2c(c1)C(=O)N(C(CC(=O)O)c1ccc(Cl)cc1)[C@@]2(OC)c1ccc(Cl)cc1)C1(F)CCN(C)CC1. The minimum absolute atomic E-state index is 0.0245. The molecule has 11 heteroatoms. The van der Waals surface area contributed by atoms with Crippen LogP contribution in [0.2, 0.25) is 10.0 Å². The van der Waals surface area contributed by atoms with Crippen molar-refractivity contribution in [3.63, 3.8) is 0 Å². The third-order valence-electron chi connectivity index (χ3n) is 9.19. The molecular formula is C33H34Cl2F2N2O5. The maximum atomic E-state index is 16.7. The number of methoxy groups -OCH3 is 1. The van der Waals surface area contributed by atoms with Gasteiger partial charge in [-0.15, -0.1) is 0 Å². The number of piperidine rings is 1. The molecule has 2 heterocycles. The van der Waals surface area contributed by atoms with Crippen molar-refractivity contribution >= 4 is 35.1 Å². The van der Waals surface area contributed by atoms with Gasteiger partial charge < -0.3 is 19.8 Å². The van der Waals surface area contributed by atoms with Crippen LogP contribution in [0.3, 0.4) is 0 Å². The number of carbonyl (C=O) groups excluding carboxylic acids is 1. The molecule has 1 amide bonds. The highest BCUT2D eigenvalue weighted by Gasteiger charge is 2.58. The van der Waals surface area contributed by atoms with Gasteiger partial charge in [0.2, 0.25) is 0 Å². The second kappa shape index (κ2) is 12.0.